The first-order chi connectivity index (χ1) is 12.3. The van der Waals surface area contributed by atoms with Gasteiger partial charge in [-0.05, 0) is 64.3 Å². The zero-order chi connectivity index (χ0) is 19.4. The van der Waals surface area contributed by atoms with Gasteiger partial charge in [0.2, 0.25) is 5.78 Å². The second kappa shape index (κ2) is 8.21. The highest BCUT2D eigenvalue weighted by molar-refractivity contribution is 6.03. The van der Waals surface area contributed by atoms with E-state index in [-0.39, 0.29) is 12.4 Å². The van der Waals surface area contributed by atoms with Crippen LogP contribution in [0.1, 0.15) is 57.1 Å². The van der Waals surface area contributed by atoms with Gasteiger partial charge in [-0.25, -0.2) is 4.79 Å². The number of carbonyl (C=O) groups is 2. The zero-order valence-electron chi connectivity index (χ0n) is 16.4. The molecule has 0 N–H and O–H groups in total. The first kappa shape index (κ1) is 19.8. The van der Waals surface area contributed by atoms with Gasteiger partial charge in [-0.15, -0.1) is 0 Å². The molecule has 5 nitrogen and oxygen atoms in total. The molecule has 140 valence electrons. The monoisotopic (exact) mass is 357 g/mol. The van der Waals surface area contributed by atoms with Crippen LogP contribution in [0, 0.1) is 27.7 Å². The molecule has 0 saturated heterocycles. The Morgan fingerprint density at radius 1 is 1.04 bits per heavy atom. The Bertz CT molecular complexity index is 833. The van der Waals surface area contributed by atoms with Crippen LogP contribution in [-0.2, 0) is 11.3 Å². The van der Waals surface area contributed by atoms with Crippen molar-refractivity contribution in [3.8, 4) is 5.75 Å². The molecular weight excluding hydrogens is 330 g/mol. The maximum atomic E-state index is 12.8. The van der Waals surface area contributed by atoms with Crippen LogP contribution in [0.2, 0.25) is 0 Å². The third-order valence-corrected chi connectivity index (χ3v) is 4.74. The summed E-state index contributed by atoms with van der Waals surface area (Å²) < 4.78 is 12.7. The smallest absolute Gasteiger partial charge is 0.355 e. The number of hydrogen-bond acceptors (Lipinski definition) is 4. The molecule has 0 radical (unpaired) electrons. The third kappa shape index (κ3) is 3.66. The number of aromatic nitrogens is 1. The second-order valence-corrected chi connectivity index (χ2v) is 6.31. The van der Waals surface area contributed by atoms with Crippen LogP contribution in [0.25, 0.3) is 0 Å². The van der Waals surface area contributed by atoms with E-state index in [1.54, 1.807) is 13.8 Å². The number of nitrogens with zero attached hydrogens (tertiary/aromatic N) is 1. The molecule has 26 heavy (non-hydrogen) atoms. The predicted molar refractivity (Wildman–Crippen MR) is 101 cm³/mol. The Morgan fingerprint density at radius 2 is 1.73 bits per heavy atom. The fraction of sp³-hybridized carbons (Fsp3) is 0.429. The summed E-state index contributed by atoms with van der Waals surface area (Å²) >= 11 is 0. The largest absolute Gasteiger partial charge is 0.485 e. The van der Waals surface area contributed by atoms with Gasteiger partial charge in [0.25, 0.3) is 0 Å². The zero-order valence-corrected chi connectivity index (χ0v) is 16.4. The van der Waals surface area contributed by atoms with Gasteiger partial charge in [-0.3, -0.25) is 4.79 Å². The Hall–Kier alpha value is -2.56. The summed E-state index contributed by atoms with van der Waals surface area (Å²) in [5.74, 6) is 0.164. The van der Waals surface area contributed by atoms with E-state index >= 15 is 0 Å². The number of rotatable bonds is 7. The topological polar surface area (TPSA) is 57.5 Å². The number of benzene rings is 1. The Labute approximate surface area is 154 Å². The van der Waals surface area contributed by atoms with E-state index in [4.69, 9.17) is 9.47 Å². The fourth-order valence-electron chi connectivity index (χ4n) is 3.26. The van der Waals surface area contributed by atoms with Gasteiger partial charge >= 0.3 is 5.97 Å². The Balaban J connectivity index is 2.31. The Morgan fingerprint density at radius 3 is 2.35 bits per heavy atom. The van der Waals surface area contributed by atoms with Gasteiger partial charge in [0.1, 0.15) is 11.4 Å². The fourth-order valence-corrected chi connectivity index (χ4v) is 3.26. The van der Waals surface area contributed by atoms with Crippen molar-refractivity contribution in [1.29, 1.82) is 0 Å². The molecule has 0 amide bonds. The highest BCUT2D eigenvalue weighted by atomic mass is 16.5. The van der Waals surface area contributed by atoms with Crippen LogP contribution in [0.3, 0.4) is 0 Å². The van der Waals surface area contributed by atoms with Gasteiger partial charge < -0.3 is 14.0 Å². The molecule has 0 spiro atoms. The van der Waals surface area contributed by atoms with Crippen molar-refractivity contribution in [2.24, 2.45) is 0 Å². The summed E-state index contributed by atoms with van der Waals surface area (Å²) in [6.07, 6.45) is 0. The molecule has 1 aromatic heterocycles. The summed E-state index contributed by atoms with van der Waals surface area (Å²) in [7, 11) is 0. The van der Waals surface area contributed by atoms with E-state index in [0.717, 1.165) is 16.8 Å². The molecule has 1 heterocycles. The molecule has 0 aliphatic carbocycles. The molecule has 0 saturated carbocycles. The minimum atomic E-state index is -0.399. The maximum absolute atomic E-state index is 12.8. The molecule has 0 fully saturated rings. The predicted octanol–water partition coefficient (Wildman–Crippen LogP) is 4.18. The molecule has 5 heteroatoms. The van der Waals surface area contributed by atoms with Crippen molar-refractivity contribution in [2.75, 3.05) is 13.2 Å². The molecule has 2 aromatic rings. The van der Waals surface area contributed by atoms with E-state index in [1.165, 1.54) is 0 Å². The number of hydrogen-bond donors (Lipinski definition) is 0. The highest BCUT2D eigenvalue weighted by Crippen LogP contribution is 2.25. The molecule has 0 bridgehead atoms. The standard InChI is InChI=1S/C21H27NO4/c1-7-22-16(6)19(15(5)20(22)21(24)25-8-2)17(23)12-26-18-11-9-10-13(3)14(18)4/h9-11H,7-8,12H2,1-6H3. The van der Waals surface area contributed by atoms with Crippen LogP contribution in [0.15, 0.2) is 18.2 Å². The van der Waals surface area contributed by atoms with Crippen LogP contribution in [0.5, 0.6) is 5.75 Å². The summed E-state index contributed by atoms with van der Waals surface area (Å²) in [6, 6.07) is 5.77. The average molecular weight is 357 g/mol. The van der Waals surface area contributed by atoms with E-state index < -0.39 is 5.97 Å². The highest BCUT2D eigenvalue weighted by Gasteiger charge is 2.26. The van der Waals surface area contributed by atoms with Gasteiger partial charge in [-0.2, -0.15) is 0 Å². The van der Waals surface area contributed by atoms with Gasteiger partial charge in [-0.1, -0.05) is 12.1 Å². The average Bonchev–Trinajstić information content (AvgIpc) is 2.86. The van der Waals surface area contributed by atoms with Crippen molar-refractivity contribution >= 4 is 11.8 Å². The Kier molecular flexibility index (Phi) is 6.24. The minimum absolute atomic E-state index is 0.0675. The number of carbonyl (C=O) groups excluding carboxylic acids is 2. The number of ketones is 1. The summed E-state index contributed by atoms with van der Waals surface area (Å²) in [5.41, 5.74) is 4.54. The molecule has 0 aliphatic rings. The molecule has 0 unspecified atom stereocenters. The molecule has 2 rings (SSSR count). The van der Waals surface area contributed by atoms with Crippen molar-refractivity contribution in [3.05, 3.63) is 51.8 Å². The van der Waals surface area contributed by atoms with Crippen molar-refractivity contribution in [1.82, 2.24) is 4.57 Å². The van der Waals surface area contributed by atoms with Crippen molar-refractivity contribution in [2.45, 2.75) is 48.1 Å². The lowest BCUT2D eigenvalue weighted by Gasteiger charge is -2.11. The van der Waals surface area contributed by atoms with Crippen molar-refractivity contribution < 1.29 is 19.1 Å². The van der Waals surface area contributed by atoms with E-state index in [1.807, 2.05) is 50.5 Å². The summed E-state index contributed by atoms with van der Waals surface area (Å²) in [4.78, 5) is 25.1. The second-order valence-electron chi connectivity index (χ2n) is 6.31. The van der Waals surface area contributed by atoms with Crippen LogP contribution in [-0.4, -0.2) is 29.5 Å². The normalized spacial score (nSPS) is 10.7. The number of ether oxygens (including phenoxy) is 2. The van der Waals surface area contributed by atoms with Gasteiger partial charge in [0, 0.05) is 17.8 Å². The lowest BCUT2D eigenvalue weighted by molar-refractivity contribution is 0.0512. The van der Waals surface area contributed by atoms with Crippen LogP contribution < -0.4 is 4.74 Å². The lowest BCUT2D eigenvalue weighted by atomic mass is 10.1. The van der Waals surface area contributed by atoms with Gasteiger partial charge in [0.15, 0.2) is 6.61 Å². The number of esters is 1. The van der Waals surface area contributed by atoms with Crippen molar-refractivity contribution in [3.63, 3.8) is 0 Å². The van der Waals surface area contributed by atoms with Crippen LogP contribution in [0.4, 0.5) is 0 Å². The van der Waals surface area contributed by atoms with E-state index in [9.17, 15) is 9.59 Å². The third-order valence-electron chi connectivity index (χ3n) is 4.74. The minimum Gasteiger partial charge on any atom is -0.485 e. The number of Topliss-reactive ketones (excluding diaryl/α,β-unsaturated/α-hetero) is 1. The van der Waals surface area contributed by atoms with Crippen LogP contribution >= 0.6 is 0 Å². The lowest BCUT2D eigenvalue weighted by Crippen LogP contribution is -2.14. The maximum Gasteiger partial charge on any atom is 0.355 e. The molecule has 0 aliphatic heterocycles. The SMILES string of the molecule is CCOC(=O)c1c(C)c(C(=O)COc2cccc(C)c2C)c(C)n1CC. The van der Waals surface area contributed by atoms with E-state index in [2.05, 4.69) is 0 Å². The first-order valence-electron chi connectivity index (χ1n) is 8.92. The number of aryl methyl sites for hydroxylation is 1. The first-order valence-corrected chi connectivity index (χ1v) is 8.92. The summed E-state index contributed by atoms with van der Waals surface area (Å²) in [6.45, 7) is 12.1. The molecular formula is C21H27NO4. The quantitative estimate of drug-likeness (QED) is 0.551. The molecule has 1 aromatic carbocycles. The molecule has 0 atom stereocenters. The summed E-state index contributed by atoms with van der Waals surface area (Å²) in [5, 5.41) is 0. The van der Waals surface area contributed by atoms with E-state index in [0.29, 0.717) is 35.7 Å². The van der Waals surface area contributed by atoms with Gasteiger partial charge in [0.05, 0.1) is 6.61 Å².